The first-order valence-corrected chi connectivity index (χ1v) is 27.5. The number of carbonyl (C=O) groups excluding carboxylic acids is 4. The van der Waals surface area contributed by atoms with Crippen LogP contribution < -0.4 is 25.7 Å². The first-order valence-electron chi connectivity index (χ1n) is 27.5. The lowest BCUT2D eigenvalue weighted by Gasteiger charge is -2.39. The second-order valence-corrected chi connectivity index (χ2v) is 22.7. The number of allylic oxidation sites excluding steroid dienone is 3. The number of likely N-dealkylation sites (tertiary alicyclic amines) is 2. The van der Waals surface area contributed by atoms with Gasteiger partial charge in [-0.3, -0.25) is 29.2 Å². The van der Waals surface area contributed by atoms with E-state index in [1.54, 1.807) is 70.7 Å². The summed E-state index contributed by atoms with van der Waals surface area (Å²) in [5.74, 6) is -8.22. The van der Waals surface area contributed by atoms with Crippen LogP contribution in [0.2, 0.25) is 0 Å². The fourth-order valence-electron chi connectivity index (χ4n) is 11.7. The molecule has 3 aromatic rings. The Hall–Kier alpha value is -6.34. The van der Waals surface area contributed by atoms with Gasteiger partial charge in [0, 0.05) is 113 Å². The van der Waals surface area contributed by atoms with E-state index in [0.717, 1.165) is 32.2 Å². The zero-order valence-electron chi connectivity index (χ0n) is 47.4. The molecule has 1 spiro atoms. The molecule has 6 aliphatic heterocycles. The normalized spacial score (nSPS) is 28.7. The molecule has 3 aromatic carbocycles. The number of nitrogens with zero attached hydrogens (tertiary/aromatic N) is 5. The number of carbonyl (C=O) groups is 4. The number of fused-ring (bicyclic) bond motifs is 13. The van der Waals surface area contributed by atoms with E-state index >= 15 is 0 Å². The van der Waals surface area contributed by atoms with Gasteiger partial charge in [-0.05, 0) is 70.1 Å². The number of phenolic OH excluding ortho intramolecular Hbond substituents is 2. The number of aliphatic hydroxyl groups excluding tert-OH is 3. The molecule has 5 unspecified atom stereocenters. The van der Waals surface area contributed by atoms with Crippen molar-refractivity contribution in [1.29, 1.82) is 0 Å². The number of amides is 2. The van der Waals surface area contributed by atoms with E-state index in [1.165, 1.54) is 13.2 Å². The maximum absolute atomic E-state index is 14.9. The van der Waals surface area contributed by atoms with Crippen LogP contribution in [0.3, 0.4) is 0 Å². The van der Waals surface area contributed by atoms with Crippen molar-refractivity contribution >= 4 is 45.7 Å². The summed E-state index contributed by atoms with van der Waals surface area (Å²) >= 11 is 0. The Morgan fingerprint density at radius 1 is 0.897 bits per heavy atom. The number of Topliss-reactive ketones (excluding diaryl/α,β-unsaturated/α-hetero) is 1. The fourth-order valence-corrected chi connectivity index (χ4v) is 11.7. The van der Waals surface area contributed by atoms with Gasteiger partial charge in [-0.15, -0.1) is 0 Å². The number of anilines is 2. The second kappa shape index (κ2) is 24.4. The molecule has 0 radical (unpaired) electrons. The summed E-state index contributed by atoms with van der Waals surface area (Å²) in [7, 11) is 3.05. The van der Waals surface area contributed by atoms with Gasteiger partial charge in [0.15, 0.2) is 11.4 Å². The van der Waals surface area contributed by atoms with Gasteiger partial charge < -0.3 is 59.8 Å². The molecule has 78 heavy (non-hydrogen) atoms. The van der Waals surface area contributed by atoms with Crippen LogP contribution >= 0.6 is 0 Å². The summed E-state index contributed by atoms with van der Waals surface area (Å²) < 4.78 is 18.8. The van der Waals surface area contributed by atoms with Gasteiger partial charge in [0.25, 0.3) is 11.7 Å². The SMILES string of the molecule is C/C1=C/C=C/C(C)[C@H](O)[C@@H](C)C(O)[C@@H](C)C(OC(=O)C(C)C(=O)N2CCC(N(C)c3ccccc3)CC2)[C@H](C)C/C=C/OC2(C)Oc3c(C)c(O)c4c(O)c(c5c(c4c3C2=O)=NC2(CCN(CC(C)C)CC2)N=5)NC1=O.CO. The average Bonchev–Trinajstić information content (AvgIpc) is 4.08. The summed E-state index contributed by atoms with van der Waals surface area (Å²) in [6, 6.07) is 10.3. The van der Waals surface area contributed by atoms with Crippen LogP contribution in [0.25, 0.3) is 10.8 Å². The molecular weight excluding hydrogens is 997 g/mol. The molecule has 5 bridgehead atoms. The number of esters is 1. The van der Waals surface area contributed by atoms with Gasteiger partial charge in [0.1, 0.15) is 34.6 Å². The molecule has 2 fully saturated rings. The van der Waals surface area contributed by atoms with Crippen molar-refractivity contribution in [2.75, 3.05) is 57.1 Å². The summed E-state index contributed by atoms with van der Waals surface area (Å²) in [5.41, 5.74) is 0.488. The highest BCUT2D eigenvalue weighted by atomic mass is 16.7. The van der Waals surface area contributed by atoms with Crippen molar-refractivity contribution in [1.82, 2.24) is 9.80 Å². The number of nitrogens with one attached hydrogen (secondary N) is 1. The summed E-state index contributed by atoms with van der Waals surface area (Å²) in [5, 5.41) is 58.1. The maximum atomic E-state index is 14.9. The minimum absolute atomic E-state index is 0.0377. The van der Waals surface area contributed by atoms with E-state index in [0.29, 0.717) is 44.9 Å². The van der Waals surface area contributed by atoms with Crippen molar-refractivity contribution in [3.63, 3.8) is 0 Å². The Labute approximate surface area is 458 Å². The smallest absolute Gasteiger partial charge is 0.318 e. The summed E-state index contributed by atoms with van der Waals surface area (Å²) in [6.45, 7) is 20.8. The number of phenols is 2. The molecule has 424 valence electrons. The molecular formula is C60H82N6O12. The lowest BCUT2D eigenvalue weighted by atomic mass is 9.79. The number of aromatic hydroxyl groups is 2. The Morgan fingerprint density at radius 3 is 2.18 bits per heavy atom. The van der Waals surface area contributed by atoms with Crippen LogP contribution in [0.4, 0.5) is 11.4 Å². The lowest BCUT2D eigenvalue weighted by Crippen LogP contribution is -2.49. The second-order valence-electron chi connectivity index (χ2n) is 22.7. The molecule has 2 saturated heterocycles. The number of para-hydroxylation sites is 1. The van der Waals surface area contributed by atoms with Crippen LogP contribution in [-0.4, -0.2) is 142 Å². The van der Waals surface area contributed by atoms with Crippen molar-refractivity contribution in [3.8, 4) is 17.2 Å². The van der Waals surface area contributed by atoms with Gasteiger partial charge in [-0.2, -0.15) is 0 Å². The van der Waals surface area contributed by atoms with E-state index in [-0.39, 0.29) is 73.7 Å². The van der Waals surface area contributed by atoms with Gasteiger partial charge in [0.05, 0.1) is 34.8 Å². The molecule has 9 rings (SSSR count). The zero-order chi connectivity index (χ0) is 57.1. The number of rotatable bonds is 7. The molecule has 2 amide bonds. The topological polar surface area (TPSA) is 244 Å². The fraction of sp³-hybridized carbons (Fsp3) is 0.567. The molecule has 0 aromatic heterocycles. The van der Waals surface area contributed by atoms with E-state index in [2.05, 4.69) is 48.1 Å². The van der Waals surface area contributed by atoms with Gasteiger partial charge in [-0.1, -0.05) is 78.0 Å². The Kier molecular flexibility index (Phi) is 18.5. The number of piperidine rings is 2. The third-order valence-electron chi connectivity index (χ3n) is 16.6. The van der Waals surface area contributed by atoms with E-state index in [4.69, 9.17) is 29.3 Å². The van der Waals surface area contributed by atoms with Crippen LogP contribution in [-0.2, 0) is 23.9 Å². The Bertz CT molecular complexity index is 2940. The number of ether oxygens (including phenoxy) is 3. The monoisotopic (exact) mass is 1080 g/mol. The highest BCUT2D eigenvalue weighted by molar-refractivity contribution is 6.19. The largest absolute Gasteiger partial charge is 0.507 e. The Morgan fingerprint density at radius 2 is 1.54 bits per heavy atom. The van der Waals surface area contributed by atoms with Crippen molar-refractivity contribution in [2.24, 2.45) is 45.5 Å². The van der Waals surface area contributed by atoms with Crippen molar-refractivity contribution in [2.45, 2.75) is 137 Å². The summed E-state index contributed by atoms with van der Waals surface area (Å²) in [6.07, 6.45) is 7.43. The molecule has 9 atom stereocenters. The molecule has 6 N–H and O–H groups in total. The minimum atomic E-state index is -1.96. The maximum Gasteiger partial charge on any atom is 0.318 e. The minimum Gasteiger partial charge on any atom is -0.507 e. The molecule has 18 heteroatoms. The third-order valence-corrected chi connectivity index (χ3v) is 16.6. The number of aliphatic hydroxyl groups is 3. The first-order chi connectivity index (χ1) is 37.0. The van der Waals surface area contributed by atoms with Gasteiger partial charge >= 0.3 is 11.8 Å². The van der Waals surface area contributed by atoms with Crippen molar-refractivity contribution in [3.05, 3.63) is 88.3 Å². The highest BCUT2D eigenvalue weighted by Crippen LogP contribution is 2.50. The highest BCUT2D eigenvalue weighted by Gasteiger charge is 2.50. The van der Waals surface area contributed by atoms with Crippen LogP contribution in [0, 0.1) is 42.4 Å². The molecule has 0 aliphatic carbocycles. The molecule has 6 aliphatic rings. The molecule has 18 nitrogen and oxygen atoms in total. The first kappa shape index (κ1) is 59.3. The quantitative estimate of drug-likeness (QED) is 0.0844. The number of hydrogen-bond donors (Lipinski definition) is 6. The molecule has 6 heterocycles. The Balaban J connectivity index is 0.00000436. The van der Waals surface area contributed by atoms with E-state index < -0.39 is 82.8 Å². The lowest BCUT2D eigenvalue weighted by molar-refractivity contribution is -0.168. The van der Waals surface area contributed by atoms with E-state index in [1.807, 2.05) is 25.1 Å². The number of benzene rings is 3. The zero-order valence-corrected chi connectivity index (χ0v) is 47.4. The standard InChI is InChI=1S/C59H78N6O11.CH4O/c1-32(2)31-64-28-24-59(25-29-64)61-45-42-43-50(68)38(8)53-44(42)54(70)58(10,76-53)74-30-16-19-34(4)52(75-57(73)39(9)56(72)65-26-22-41(23-27-65)63(11)40-20-13-12-14-21-40)37(7)49(67)36(6)48(66)33(3)17-15-18-35(5)55(71)60-47(51(43)69)46(45)62-59;1-2/h12-18,20-21,30,32-34,36-37,39,41,48-49,52,66-69H,19,22-29,31H2,1-11H3,(H,60,71);2H,1H3/b17-15+,30-16+,35-18-;/t33?,34-,36-,37-,39?,48+,49?,52?,58?;/m1./s1. The third kappa shape index (κ3) is 11.8. The van der Waals surface area contributed by atoms with Crippen LogP contribution in [0.15, 0.2) is 76.5 Å². The summed E-state index contributed by atoms with van der Waals surface area (Å²) in [4.78, 5) is 73.7. The molecule has 0 saturated carbocycles. The van der Waals surface area contributed by atoms with Gasteiger partial charge in [0.2, 0.25) is 5.91 Å². The average molecular weight is 1080 g/mol. The van der Waals surface area contributed by atoms with Crippen molar-refractivity contribution < 1.29 is 58.9 Å². The number of ketones is 1. The van der Waals surface area contributed by atoms with Gasteiger partial charge in [-0.25, -0.2) is 0 Å². The predicted octanol–water partition coefficient (Wildman–Crippen LogP) is 6.48. The predicted molar refractivity (Wildman–Crippen MR) is 298 cm³/mol. The van der Waals surface area contributed by atoms with Crippen LogP contribution in [0.5, 0.6) is 17.2 Å². The number of hydrogen-bond acceptors (Lipinski definition) is 16. The van der Waals surface area contributed by atoms with Crippen LogP contribution in [0.1, 0.15) is 110 Å². The van der Waals surface area contributed by atoms with E-state index in [9.17, 15) is 39.6 Å².